The van der Waals surface area contributed by atoms with Gasteiger partial charge in [-0.05, 0) is 26.8 Å². The number of halogens is 2. The first kappa shape index (κ1) is 15.2. The number of nitrogens with one attached hydrogen (secondary N) is 1. The highest BCUT2D eigenvalue weighted by atomic mass is 19.1. The van der Waals surface area contributed by atoms with Gasteiger partial charge in [0.1, 0.15) is 11.6 Å². The zero-order chi connectivity index (χ0) is 15.4. The van der Waals surface area contributed by atoms with Crippen LogP contribution in [0.3, 0.4) is 0 Å². The molecule has 1 N–H and O–H groups in total. The van der Waals surface area contributed by atoms with Crippen LogP contribution in [-0.2, 0) is 6.54 Å². The lowest BCUT2D eigenvalue weighted by molar-refractivity contribution is 0.232. The van der Waals surface area contributed by atoms with Gasteiger partial charge in [-0.3, -0.25) is 0 Å². The Labute approximate surface area is 122 Å². The molecule has 1 aromatic heterocycles. The fourth-order valence-corrected chi connectivity index (χ4v) is 1.76. The standard InChI is InChI=1S/C15H17F2N3O/c1-9(2)21-14-6-10(3)19-15(20-14)18-8-11-4-5-12(16)7-13(11)17/h4-7,9H,8H2,1-3H3,(H,18,19,20). The molecule has 6 heteroatoms. The number of anilines is 1. The summed E-state index contributed by atoms with van der Waals surface area (Å²) >= 11 is 0. The largest absolute Gasteiger partial charge is 0.475 e. The molecule has 0 atom stereocenters. The number of aromatic nitrogens is 2. The number of aryl methyl sites for hydroxylation is 1. The van der Waals surface area contributed by atoms with Gasteiger partial charge < -0.3 is 10.1 Å². The second-order valence-electron chi connectivity index (χ2n) is 4.93. The predicted molar refractivity (Wildman–Crippen MR) is 76.2 cm³/mol. The molecule has 0 unspecified atom stereocenters. The van der Waals surface area contributed by atoms with Crippen LogP contribution in [0.5, 0.6) is 5.88 Å². The molecule has 1 heterocycles. The normalized spacial score (nSPS) is 10.8. The van der Waals surface area contributed by atoms with Gasteiger partial charge in [0.2, 0.25) is 11.8 Å². The van der Waals surface area contributed by atoms with Gasteiger partial charge in [0.15, 0.2) is 0 Å². The van der Waals surface area contributed by atoms with Gasteiger partial charge in [0, 0.05) is 29.9 Å². The zero-order valence-corrected chi connectivity index (χ0v) is 12.2. The molecule has 21 heavy (non-hydrogen) atoms. The summed E-state index contributed by atoms with van der Waals surface area (Å²) in [6, 6.07) is 5.18. The molecule has 1 aromatic carbocycles. The van der Waals surface area contributed by atoms with E-state index < -0.39 is 11.6 Å². The van der Waals surface area contributed by atoms with E-state index in [4.69, 9.17) is 4.74 Å². The van der Waals surface area contributed by atoms with Crippen molar-refractivity contribution in [2.24, 2.45) is 0 Å². The van der Waals surface area contributed by atoms with Crippen LogP contribution < -0.4 is 10.1 Å². The van der Waals surface area contributed by atoms with Crippen LogP contribution in [0.15, 0.2) is 24.3 Å². The summed E-state index contributed by atoms with van der Waals surface area (Å²) < 4.78 is 31.9. The molecule has 112 valence electrons. The van der Waals surface area contributed by atoms with Crippen LogP contribution in [-0.4, -0.2) is 16.1 Å². The number of nitrogens with zero attached hydrogens (tertiary/aromatic N) is 2. The van der Waals surface area contributed by atoms with Crippen molar-refractivity contribution in [1.82, 2.24) is 9.97 Å². The van der Waals surface area contributed by atoms with Gasteiger partial charge in [-0.2, -0.15) is 4.98 Å². The summed E-state index contributed by atoms with van der Waals surface area (Å²) in [5, 5.41) is 2.91. The van der Waals surface area contributed by atoms with Crippen molar-refractivity contribution in [2.45, 2.75) is 33.4 Å². The summed E-state index contributed by atoms with van der Waals surface area (Å²) in [7, 11) is 0. The number of ether oxygens (including phenoxy) is 1. The summed E-state index contributed by atoms with van der Waals surface area (Å²) in [5.41, 5.74) is 1.08. The third-order valence-electron chi connectivity index (χ3n) is 2.64. The summed E-state index contributed by atoms with van der Waals surface area (Å²) in [6.45, 7) is 5.78. The van der Waals surface area contributed by atoms with E-state index in [2.05, 4.69) is 15.3 Å². The highest BCUT2D eigenvalue weighted by Crippen LogP contribution is 2.15. The van der Waals surface area contributed by atoms with Crippen LogP contribution in [0.2, 0.25) is 0 Å². The Bertz CT molecular complexity index is 632. The third kappa shape index (κ3) is 4.37. The molecular formula is C15H17F2N3O. The van der Waals surface area contributed by atoms with Crippen molar-refractivity contribution >= 4 is 5.95 Å². The Kier molecular flexibility index (Phi) is 4.67. The number of benzene rings is 1. The van der Waals surface area contributed by atoms with Crippen LogP contribution in [0.25, 0.3) is 0 Å². The fraction of sp³-hybridized carbons (Fsp3) is 0.333. The SMILES string of the molecule is Cc1cc(OC(C)C)nc(NCc2ccc(F)cc2F)n1. The van der Waals surface area contributed by atoms with Crippen molar-refractivity contribution in [3.8, 4) is 5.88 Å². The maximum absolute atomic E-state index is 13.5. The van der Waals surface area contributed by atoms with E-state index in [9.17, 15) is 8.78 Å². The minimum Gasteiger partial charge on any atom is -0.475 e. The second-order valence-corrected chi connectivity index (χ2v) is 4.93. The van der Waals surface area contributed by atoms with Gasteiger partial charge >= 0.3 is 0 Å². The van der Waals surface area contributed by atoms with Crippen molar-refractivity contribution in [3.05, 3.63) is 47.2 Å². The lowest BCUT2D eigenvalue weighted by atomic mass is 10.2. The second kappa shape index (κ2) is 6.47. The molecule has 0 radical (unpaired) electrons. The first-order chi connectivity index (χ1) is 9.94. The van der Waals surface area contributed by atoms with Crippen LogP contribution in [0.1, 0.15) is 25.1 Å². The van der Waals surface area contributed by atoms with Crippen molar-refractivity contribution in [3.63, 3.8) is 0 Å². The Balaban J connectivity index is 2.10. The van der Waals surface area contributed by atoms with Gasteiger partial charge in [-0.25, -0.2) is 13.8 Å². The van der Waals surface area contributed by atoms with Gasteiger partial charge in [-0.1, -0.05) is 6.07 Å². The lowest BCUT2D eigenvalue weighted by Crippen LogP contribution is -2.10. The van der Waals surface area contributed by atoms with Gasteiger partial charge in [0.25, 0.3) is 0 Å². The van der Waals surface area contributed by atoms with Crippen LogP contribution >= 0.6 is 0 Å². The van der Waals surface area contributed by atoms with Gasteiger partial charge in [0.05, 0.1) is 6.10 Å². The molecule has 0 saturated heterocycles. The summed E-state index contributed by atoms with van der Waals surface area (Å²) in [4.78, 5) is 8.40. The third-order valence-corrected chi connectivity index (χ3v) is 2.64. The highest BCUT2D eigenvalue weighted by molar-refractivity contribution is 5.32. The molecule has 0 fully saturated rings. The van der Waals surface area contributed by atoms with E-state index in [0.717, 1.165) is 11.8 Å². The molecule has 2 aromatic rings. The molecular weight excluding hydrogens is 276 g/mol. The Morgan fingerprint density at radius 1 is 1.19 bits per heavy atom. The topological polar surface area (TPSA) is 47.0 Å². The Hall–Kier alpha value is -2.24. The smallest absolute Gasteiger partial charge is 0.226 e. The maximum atomic E-state index is 13.5. The van der Waals surface area contributed by atoms with Gasteiger partial charge in [-0.15, -0.1) is 0 Å². The van der Waals surface area contributed by atoms with Crippen molar-refractivity contribution in [1.29, 1.82) is 0 Å². The average Bonchev–Trinajstić information content (AvgIpc) is 2.36. The number of hydrogen-bond donors (Lipinski definition) is 1. The van der Waals surface area contributed by atoms with E-state index in [-0.39, 0.29) is 12.6 Å². The van der Waals surface area contributed by atoms with Crippen LogP contribution in [0, 0.1) is 18.6 Å². The molecule has 0 aliphatic carbocycles. The minimum atomic E-state index is -0.603. The Morgan fingerprint density at radius 2 is 1.95 bits per heavy atom. The van der Waals surface area contributed by atoms with E-state index >= 15 is 0 Å². The monoisotopic (exact) mass is 293 g/mol. The molecule has 0 saturated carbocycles. The lowest BCUT2D eigenvalue weighted by Gasteiger charge is -2.11. The quantitative estimate of drug-likeness (QED) is 0.917. The molecule has 2 rings (SSSR count). The van der Waals surface area contributed by atoms with Crippen LogP contribution in [0.4, 0.5) is 14.7 Å². The number of rotatable bonds is 5. The fourth-order valence-electron chi connectivity index (χ4n) is 1.76. The maximum Gasteiger partial charge on any atom is 0.226 e. The first-order valence-electron chi connectivity index (χ1n) is 6.64. The van der Waals surface area contributed by atoms with E-state index in [1.165, 1.54) is 12.1 Å². The first-order valence-corrected chi connectivity index (χ1v) is 6.64. The molecule has 0 aliphatic heterocycles. The van der Waals surface area contributed by atoms with E-state index in [0.29, 0.717) is 17.4 Å². The minimum absolute atomic E-state index is 0.00157. The molecule has 0 amide bonds. The molecule has 4 nitrogen and oxygen atoms in total. The van der Waals surface area contributed by atoms with E-state index in [1.807, 2.05) is 20.8 Å². The summed E-state index contributed by atoms with van der Waals surface area (Å²) in [5.74, 6) is -0.404. The number of hydrogen-bond acceptors (Lipinski definition) is 4. The predicted octanol–water partition coefficient (Wildman–Crippen LogP) is 3.46. The average molecular weight is 293 g/mol. The zero-order valence-electron chi connectivity index (χ0n) is 12.2. The molecule has 0 aliphatic rings. The Morgan fingerprint density at radius 3 is 2.62 bits per heavy atom. The summed E-state index contributed by atoms with van der Waals surface area (Å²) in [6.07, 6.45) is 0.00157. The highest BCUT2D eigenvalue weighted by Gasteiger charge is 2.07. The molecule has 0 spiro atoms. The van der Waals surface area contributed by atoms with E-state index in [1.54, 1.807) is 6.07 Å². The van der Waals surface area contributed by atoms with Crippen molar-refractivity contribution in [2.75, 3.05) is 5.32 Å². The van der Waals surface area contributed by atoms with Crippen molar-refractivity contribution < 1.29 is 13.5 Å². The molecule has 0 bridgehead atoms.